The van der Waals surface area contributed by atoms with Gasteiger partial charge in [-0.1, -0.05) is 69.0 Å². The maximum Gasteiger partial charge on any atom is 0.265 e. The molecule has 166 valence electrons. The lowest BCUT2D eigenvalue weighted by Gasteiger charge is -2.17. The number of nitrogens with zero attached hydrogens (tertiary/aromatic N) is 2. The summed E-state index contributed by atoms with van der Waals surface area (Å²) in [5.41, 5.74) is 1.10. The van der Waals surface area contributed by atoms with E-state index in [2.05, 4.69) is 25.8 Å². The van der Waals surface area contributed by atoms with Crippen molar-refractivity contribution in [2.75, 3.05) is 25.4 Å². The van der Waals surface area contributed by atoms with Gasteiger partial charge in [-0.2, -0.15) is 4.98 Å². The van der Waals surface area contributed by atoms with Crippen molar-refractivity contribution in [2.24, 2.45) is 0 Å². The van der Waals surface area contributed by atoms with Crippen molar-refractivity contribution in [3.05, 3.63) is 46.2 Å². The van der Waals surface area contributed by atoms with Gasteiger partial charge in [-0.3, -0.25) is 9.36 Å². The first-order valence-electron chi connectivity index (χ1n) is 11.5. The molecule has 1 heterocycles. The summed E-state index contributed by atoms with van der Waals surface area (Å²) in [5.74, 6) is 0.755. The Kier molecular flexibility index (Phi) is 11.0. The molecular weight excluding hydrogens is 394 g/mol. The Labute approximate surface area is 185 Å². The molecule has 0 bridgehead atoms. The fourth-order valence-electron chi connectivity index (χ4n) is 3.62. The minimum atomic E-state index is -0.139. The van der Waals surface area contributed by atoms with Crippen molar-refractivity contribution in [2.45, 2.75) is 70.9 Å². The smallest absolute Gasteiger partial charge is 0.265 e. The number of hydrogen-bond acceptors (Lipinski definition) is 4. The summed E-state index contributed by atoms with van der Waals surface area (Å²) in [6.45, 7) is 9.74. The van der Waals surface area contributed by atoms with Crippen LogP contribution in [0.15, 0.2) is 40.3 Å². The van der Waals surface area contributed by atoms with E-state index in [4.69, 9.17) is 0 Å². The van der Waals surface area contributed by atoms with Crippen LogP contribution in [0.25, 0.3) is 5.69 Å². The SMILES string of the molecule is CCCCCCCCc1c(O)nc(SCC[NH+](CC)CC)n(-c2ccccc2)c1=O. The molecule has 5 nitrogen and oxygen atoms in total. The van der Waals surface area contributed by atoms with Crippen molar-refractivity contribution >= 4 is 11.8 Å². The van der Waals surface area contributed by atoms with E-state index in [1.807, 2.05) is 30.3 Å². The first-order valence-corrected chi connectivity index (χ1v) is 12.5. The molecule has 30 heavy (non-hydrogen) atoms. The van der Waals surface area contributed by atoms with Crippen LogP contribution in [0.4, 0.5) is 0 Å². The molecule has 0 aliphatic heterocycles. The molecule has 0 aliphatic carbocycles. The monoisotopic (exact) mass is 432 g/mol. The van der Waals surface area contributed by atoms with Crippen molar-refractivity contribution in [3.63, 3.8) is 0 Å². The zero-order chi connectivity index (χ0) is 21.8. The quantitative estimate of drug-likeness (QED) is 0.270. The first kappa shape index (κ1) is 24.5. The molecule has 6 heteroatoms. The number of aromatic nitrogens is 2. The van der Waals surface area contributed by atoms with Crippen LogP contribution >= 0.6 is 11.8 Å². The zero-order valence-corrected chi connectivity index (χ0v) is 19.6. The normalized spacial score (nSPS) is 11.3. The van der Waals surface area contributed by atoms with Gasteiger partial charge in [-0.05, 0) is 38.8 Å². The van der Waals surface area contributed by atoms with E-state index in [9.17, 15) is 9.90 Å². The molecule has 0 spiro atoms. The summed E-state index contributed by atoms with van der Waals surface area (Å²) in [6, 6.07) is 9.64. The minimum absolute atomic E-state index is 0.0987. The highest BCUT2D eigenvalue weighted by atomic mass is 32.2. The van der Waals surface area contributed by atoms with Crippen LogP contribution in [0.5, 0.6) is 5.88 Å². The molecule has 1 aromatic heterocycles. The molecular formula is C24H38N3O2S+. The van der Waals surface area contributed by atoms with Crippen LogP contribution in [0.2, 0.25) is 0 Å². The van der Waals surface area contributed by atoms with E-state index in [0.717, 1.165) is 43.9 Å². The number of aromatic hydroxyl groups is 1. The topological polar surface area (TPSA) is 59.6 Å². The van der Waals surface area contributed by atoms with Gasteiger partial charge >= 0.3 is 0 Å². The molecule has 2 aromatic rings. The zero-order valence-electron chi connectivity index (χ0n) is 18.8. The molecule has 0 amide bonds. The summed E-state index contributed by atoms with van der Waals surface area (Å²) in [6.07, 6.45) is 7.45. The Morgan fingerprint density at radius 1 is 1.00 bits per heavy atom. The summed E-state index contributed by atoms with van der Waals surface area (Å²) in [5, 5.41) is 11.1. The Hall–Kier alpha value is -1.79. The lowest BCUT2D eigenvalue weighted by Crippen LogP contribution is -3.11. The van der Waals surface area contributed by atoms with Gasteiger partial charge in [-0.25, -0.2) is 0 Å². The number of nitrogens with one attached hydrogen (secondary N) is 1. The molecule has 2 N–H and O–H groups in total. The second-order valence-corrected chi connectivity index (χ2v) is 8.81. The van der Waals surface area contributed by atoms with Crippen molar-refractivity contribution < 1.29 is 10.0 Å². The number of hydrogen-bond donors (Lipinski definition) is 2. The molecule has 0 unspecified atom stereocenters. The Balaban J connectivity index is 2.21. The van der Waals surface area contributed by atoms with E-state index < -0.39 is 0 Å². The maximum atomic E-state index is 13.3. The van der Waals surface area contributed by atoms with Gasteiger partial charge in [0.2, 0.25) is 5.88 Å². The molecule has 0 atom stereocenters. The van der Waals surface area contributed by atoms with Gasteiger partial charge in [0, 0.05) is 0 Å². The molecule has 0 saturated carbocycles. The van der Waals surface area contributed by atoms with E-state index in [1.165, 1.54) is 30.6 Å². The van der Waals surface area contributed by atoms with E-state index in [0.29, 0.717) is 17.1 Å². The van der Waals surface area contributed by atoms with E-state index >= 15 is 0 Å². The fraction of sp³-hybridized carbons (Fsp3) is 0.583. The summed E-state index contributed by atoms with van der Waals surface area (Å²) < 4.78 is 1.67. The summed E-state index contributed by atoms with van der Waals surface area (Å²) in [7, 11) is 0. The van der Waals surface area contributed by atoms with E-state index in [1.54, 1.807) is 16.3 Å². The van der Waals surface area contributed by atoms with Crippen LogP contribution in [-0.2, 0) is 6.42 Å². The predicted octanol–water partition coefficient (Wildman–Crippen LogP) is 3.86. The minimum Gasteiger partial charge on any atom is -0.493 e. The van der Waals surface area contributed by atoms with Gasteiger partial charge in [0.25, 0.3) is 5.56 Å². The Bertz CT molecular complexity index is 804. The molecule has 0 radical (unpaired) electrons. The standard InChI is InChI=1S/C24H37N3O2S/c1-4-7-8-9-10-14-17-21-22(28)25-24(30-19-18-26(5-2)6-3)27(23(21)29)20-15-12-11-13-16-20/h11-13,15-16,28H,4-10,14,17-19H2,1-3H3/p+1. The van der Waals surface area contributed by atoms with E-state index in [-0.39, 0.29) is 11.4 Å². The average Bonchev–Trinajstić information content (AvgIpc) is 2.76. The van der Waals surface area contributed by atoms with Crippen LogP contribution in [-0.4, -0.2) is 40.0 Å². The number of para-hydroxylation sites is 1. The van der Waals surface area contributed by atoms with Gasteiger partial charge in [0.05, 0.1) is 36.6 Å². The van der Waals surface area contributed by atoms with Crippen LogP contribution < -0.4 is 10.5 Å². The number of unbranched alkanes of at least 4 members (excludes halogenated alkanes) is 5. The van der Waals surface area contributed by atoms with Gasteiger partial charge in [0.1, 0.15) is 0 Å². The second-order valence-electron chi connectivity index (χ2n) is 7.75. The number of rotatable bonds is 14. The third-order valence-corrected chi connectivity index (χ3v) is 6.55. The fourth-order valence-corrected chi connectivity index (χ4v) is 4.66. The molecule has 0 saturated heterocycles. The van der Waals surface area contributed by atoms with Gasteiger partial charge in [-0.15, -0.1) is 0 Å². The highest BCUT2D eigenvalue weighted by Gasteiger charge is 2.18. The maximum absolute atomic E-state index is 13.3. The molecule has 0 aliphatic rings. The van der Waals surface area contributed by atoms with Gasteiger partial charge < -0.3 is 10.0 Å². The largest absolute Gasteiger partial charge is 0.493 e. The molecule has 1 aromatic carbocycles. The Morgan fingerprint density at radius 3 is 2.33 bits per heavy atom. The summed E-state index contributed by atoms with van der Waals surface area (Å²) in [4.78, 5) is 19.3. The third-order valence-electron chi connectivity index (χ3n) is 5.61. The van der Waals surface area contributed by atoms with Crippen molar-refractivity contribution in [1.29, 1.82) is 0 Å². The number of quaternary nitrogens is 1. The Morgan fingerprint density at radius 2 is 1.67 bits per heavy atom. The van der Waals surface area contributed by atoms with Crippen molar-refractivity contribution in [3.8, 4) is 11.6 Å². The van der Waals surface area contributed by atoms with Crippen LogP contribution in [0, 0.1) is 0 Å². The highest BCUT2D eigenvalue weighted by molar-refractivity contribution is 7.99. The van der Waals surface area contributed by atoms with Crippen LogP contribution in [0.3, 0.4) is 0 Å². The third kappa shape index (κ3) is 7.17. The predicted molar refractivity (Wildman–Crippen MR) is 126 cm³/mol. The molecule has 0 fully saturated rings. The lowest BCUT2D eigenvalue weighted by molar-refractivity contribution is -0.893. The van der Waals surface area contributed by atoms with Crippen molar-refractivity contribution in [1.82, 2.24) is 9.55 Å². The lowest BCUT2D eigenvalue weighted by atomic mass is 10.1. The number of thioether (sulfide) groups is 1. The second kappa shape index (κ2) is 13.5. The summed E-state index contributed by atoms with van der Waals surface area (Å²) >= 11 is 1.55. The first-order chi connectivity index (χ1) is 14.6. The average molecular weight is 433 g/mol. The highest BCUT2D eigenvalue weighted by Crippen LogP contribution is 2.23. The van der Waals surface area contributed by atoms with Crippen LogP contribution in [0.1, 0.15) is 64.9 Å². The number of benzene rings is 1. The molecule has 2 rings (SSSR count). The van der Waals surface area contributed by atoms with Gasteiger partial charge in [0.15, 0.2) is 5.16 Å².